The minimum Gasteiger partial charge on any atom is -0.493 e. The van der Waals surface area contributed by atoms with E-state index in [1.54, 1.807) is 0 Å². The number of nitrogens with zero attached hydrogens (tertiary/aromatic N) is 1. The van der Waals surface area contributed by atoms with Crippen LogP contribution in [0.5, 0.6) is 11.5 Å². The smallest absolute Gasteiger partial charge is 0.311 e. The first-order valence-corrected chi connectivity index (χ1v) is 8.31. The molecule has 1 aromatic rings. The second-order valence-electron chi connectivity index (χ2n) is 5.57. The molecule has 0 bridgehead atoms. The first-order valence-electron chi connectivity index (χ1n) is 8.31. The van der Waals surface area contributed by atoms with Crippen molar-refractivity contribution in [1.29, 1.82) is 0 Å². The van der Waals surface area contributed by atoms with Crippen molar-refractivity contribution in [2.45, 2.75) is 51.9 Å². The van der Waals surface area contributed by atoms with Crippen LogP contribution < -0.4 is 9.47 Å². The minimum atomic E-state index is -0.427. The topological polar surface area (TPSA) is 91.8 Å². The van der Waals surface area contributed by atoms with Crippen molar-refractivity contribution in [3.8, 4) is 11.5 Å². The first kappa shape index (κ1) is 20.6. The zero-order chi connectivity index (χ0) is 18.7. The van der Waals surface area contributed by atoms with Gasteiger partial charge in [-0.25, -0.2) is 4.98 Å². The third-order valence-electron chi connectivity index (χ3n) is 3.63. The largest absolute Gasteiger partial charge is 0.493 e. The van der Waals surface area contributed by atoms with Gasteiger partial charge in [-0.1, -0.05) is 19.3 Å². The Morgan fingerprint density at radius 2 is 1.56 bits per heavy atom. The van der Waals surface area contributed by atoms with Gasteiger partial charge in [0.2, 0.25) is 5.75 Å². The van der Waals surface area contributed by atoms with Gasteiger partial charge in [0.05, 0.1) is 14.2 Å². The highest BCUT2D eigenvalue weighted by molar-refractivity contribution is 5.96. The summed E-state index contributed by atoms with van der Waals surface area (Å²) in [5.41, 5.74) is 0.0792. The normalized spacial score (nSPS) is 10.2. The summed E-state index contributed by atoms with van der Waals surface area (Å²) < 4.78 is 15.0. The quantitative estimate of drug-likeness (QED) is 0.343. The summed E-state index contributed by atoms with van der Waals surface area (Å²) in [6.45, 7) is 1.35. The predicted molar refractivity (Wildman–Crippen MR) is 90.8 cm³/mol. The van der Waals surface area contributed by atoms with Gasteiger partial charge in [0.1, 0.15) is 0 Å². The van der Waals surface area contributed by atoms with E-state index < -0.39 is 5.97 Å². The molecular formula is C18H25NO6. The molecule has 0 spiro atoms. The van der Waals surface area contributed by atoms with E-state index in [9.17, 15) is 14.4 Å². The Balaban J connectivity index is 2.38. The van der Waals surface area contributed by atoms with Crippen LogP contribution in [0.1, 0.15) is 62.4 Å². The molecule has 0 aliphatic heterocycles. The molecule has 7 heteroatoms. The van der Waals surface area contributed by atoms with Crippen LogP contribution >= 0.6 is 0 Å². The van der Waals surface area contributed by atoms with E-state index in [4.69, 9.17) is 9.47 Å². The Morgan fingerprint density at radius 3 is 2.12 bits per heavy atom. The van der Waals surface area contributed by atoms with Gasteiger partial charge in [-0.05, 0) is 12.8 Å². The maximum Gasteiger partial charge on any atom is 0.311 e. The molecule has 0 aromatic carbocycles. The summed E-state index contributed by atoms with van der Waals surface area (Å²) >= 11 is 0. The molecule has 0 aliphatic rings. The van der Waals surface area contributed by atoms with Gasteiger partial charge in [0.15, 0.2) is 17.2 Å². The standard InChI is InChI=1S/C18H25NO6/c1-13(20)17-18(14(23-2)11-12-19-17)25-16(22)10-8-6-4-5-7-9-15(21)24-3/h11-12H,4-10H2,1-3H3. The Labute approximate surface area is 147 Å². The van der Waals surface area contributed by atoms with Crippen LogP contribution in [0.3, 0.4) is 0 Å². The monoisotopic (exact) mass is 351 g/mol. The number of carbonyl (C=O) groups is 3. The van der Waals surface area contributed by atoms with Gasteiger partial charge in [-0.3, -0.25) is 14.4 Å². The van der Waals surface area contributed by atoms with Crippen molar-refractivity contribution in [2.75, 3.05) is 14.2 Å². The summed E-state index contributed by atoms with van der Waals surface area (Å²) in [7, 11) is 2.81. The fourth-order valence-electron chi connectivity index (χ4n) is 2.28. The summed E-state index contributed by atoms with van der Waals surface area (Å²) in [5.74, 6) is -0.553. The van der Waals surface area contributed by atoms with Crippen molar-refractivity contribution in [3.05, 3.63) is 18.0 Å². The number of pyridine rings is 1. The van der Waals surface area contributed by atoms with E-state index in [1.807, 2.05) is 0 Å². The minimum absolute atomic E-state index is 0.0700. The first-order chi connectivity index (χ1) is 12.0. The molecular weight excluding hydrogens is 326 g/mol. The van der Waals surface area contributed by atoms with Crippen LogP contribution in [0.2, 0.25) is 0 Å². The van der Waals surface area contributed by atoms with Gasteiger partial charge in [0.25, 0.3) is 0 Å². The summed E-state index contributed by atoms with van der Waals surface area (Å²) in [4.78, 5) is 38.5. The predicted octanol–water partition coefficient (Wildman–Crippen LogP) is 3.10. The van der Waals surface area contributed by atoms with Gasteiger partial charge in [0, 0.05) is 32.0 Å². The molecule has 7 nitrogen and oxygen atoms in total. The van der Waals surface area contributed by atoms with E-state index in [2.05, 4.69) is 9.72 Å². The Kier molecular flexibility index (Phi) is 9.21. The van der Waals surface area contributed by atoms with Crippen molar-refractivity contribution in [2.24, 2.45) is 0 Å². The number of hydrogen-bond donors (Lipinski definition) is 0. The zero-order valence-corrected chi connectivity index (χ0v) is 15.0. The lowest BCUT2D eigenvalue weighted by atomic mass is 10.1. The molecule has 0 aliphatic carbocycles. The third-order valence-corrected chi connectivity index (χ3v) is 3.63. The second-order valence-corrected chi connectivity index (χ2v) is 5.57. The number of carbonyl (C=O) groups excluding carboxylic acids is 3. The molecule has 0 saturated carbocycles. The van der Waals surface area contributed by atoms with Crippen molar-refractivity contribution in [3.63, 3.8) is 0 Å². The number of esters is 2. The molecule has 0 N–H and O–H groups in total. The molecule has 0 fully saturated rings. The van der Waals surface area contributed by atoms with E-state index in [0.717, 1.165) is 25.7 Å². The highest BCUT2D eigenvalue weighted by atomic mass is 16.6. The van der Waals surface area contributed by atoms with Crippen LogP contribution in [0, 0.1) is 0 Å². The second kappa shape index (κ2) is 11.2. The van der Waals surface area contributed by atoms with Gasteiger partial charge in [-0.15, -0.1) is 0 Å². The SMILES string of the molecule is COC(=O)CCCCCCCC(=O)Oc1c(OC)ccnc1C(C)=O. The van der Waals surface area contributed by atoms with E-state index in [0.29, 0.717) is 18.6 Å². The molecule has 1 rings (SSSR count). The lowest BCUT2D eigenvalue weighted by molar-refractivity contribution is -0.140. The van der Waals surface area contributed by atoms with E-state index in [1.165, 1.54) is 33.4 Å². The van der Waals surface area contributed by atoms with Crippen LogP contribution in [-0.2, 0) is 14.3 Å². The maximum absolute atomic E-state index is 12.0. The third kappa shape index (κ3) is 7.32. The molecule has 0 atom stereocenters. The highest BCUT2D eigenvalue weighted by Gasteiger charge is 2.18. The molecule has 0 saturated heterocycles. The van der Waals surface area contributed by atoms with E-state index >= 15 is 0 Å². The van der Waals surface area contributed by atoms with Crippen molar-refractivity contribution < 1.29 is 28.6 Å². The molecule has 0 unspecified atom stereocenters. The molecule has 25 heavy (non-hydrogen) atoms. The van der Waals surface area contributed by atoms with Crippen LogP contribution in [0.15, 0.2) is 12.3 Å². The summed E-state index contributed by atoms with van der Waals surface area (Å²) in [5, 5.41) is 0. The number of unbranched alkanes of at least 4 members (excludes halogenated alkanes) is 4. The number of rotatable bonds is 11. The molecule has 1 heterocycles. The molecule has 0 amide bonds. The highest BCUT2D eigenvalue weighted by Crippen LogP contribution is 2.30. The van der Waals surface area contributed by atoms with E-state index in [-0.39, 0.29) is 29.6 Å². The number of aromatic nitrogens is 1. The Morgan fingerprint density at radius 1 is 0.960 bits per heavy atom. The van der Waals surface area contributed by atoms with Gasteiger partial charge in [-0.2, -0.15) is 0 Å². The Hall–Kier alpha value is -2.44. The fraction of sp³-hybridized carbons (Fsp3) is 0.556. The lowest BCUT2D eigenvalue weighted by Gasteiger charge is -2.11. The number of hydrogen-bond acceptors (Lipinski definition) is 7. The summed E-state index contributed by atoms with van der Waals surface area (Å²) in [6.07, 6.45) is 6.26. The zero-order valence-electron chi connectivity index (χ0n) is 15.0. The van der Waals surface area contributed by atoms with Crippen LogP contribution in [-0.4, -0.2) is 36.9 Å². The number of methoxy groups -OCH3 is 2. The number of Topliss-reactive ketones (excluding diaryl/α,β-unsaturated/α-hetero) is 1. The van der Waals surface area contributed by atoms with Crippen molar-refractivity contribution in [1.82, 2.24) is 4.98 Å². The molecule has 138 valence electrons. The lowest BCUT2D eigenvalue weighted by Crippen LogP contribution is -2.12. The molecule has 1 aromatic heterocycles. The number of ketones is 1. The van der Waals surface area contributed by atoms with Gasteiger partial charge >= 0.3 is 11.9 Å². The van der Waals surface area contributed by atoms with Crippen LogP contribution in [0.4, 0.5) is 0 Å². The maximum atomic E-state index is 12.0. The Bertz CT molecular complexity index is 599. The van der Waals surface area contributed by atoms with Gasteiger partial charge < -0.3 is 14.2 Å². The fourth-order valence-corrected chi connectivity index (χ4v) is 2.28. The molecule has 0 radical (unpaired) electrons. The summed E-state index contributed by atoms with van der Waals surface area (Å²) in [6, 6.07) is 1.54. The number of ether oxygens (including phenoxy) is 3. The average Bonchev–Trinajstić information content (AvgIpc) is 2.60. The average molecular weight is 351 g/mol. The van der Waals surface area contributed by atoms with Crippen LogP contribution in [0.25, 0.3) is 0 Å². The van der Waals surface area contributed by atoms with Crippen molar-refractivity contribution >= 4 is 17.7 Å².